The zero-order valence-corrected chi connectivity index (χ0v) is 10.1. The van der Waals surface area contributed by atoms with Gasteiger partial charge in [-0.3, -0.25) is 4.79 Å². The lowest BCUT2D eigenvalue weighted by Crippen LogP contribution is -2.17. The molecule has 94 valence electrons. The molecule has 6 nitrogen and oxygen atoms in total. The summed E-state index contributed by atoms with van der Waals surface area (Å²) in [5, 5.41) is 13.2. The van der Waals surface area contributed by atoms with Gasteiger partial charge >= 0.3 is 0 Å². The first-order chi connectivity index (χ1) is 8.56. The van der Waals surface area contributed by atoms with E-state index in [2.05, 4.69) is 20.8 Å². The fourth-order valence-corrected chi connectivity index (χ4v) is 1.50. The Morgan fingerprint density at radius 2 is 2.33 bits per heavy atom. The van der Waals surface area contributed by atoms with Gasteiger partial charge in [-0.15, -0.1) is 5.10 Å². The largest absolute Gasteiger partial charge is 0.326 e. The van der Waals surface area contributed by atoms with E-state index < -0.39 is 5.82 Å². The number of nitrogens with zero attached hydrogens (tertiary/aromatic N) is 4. The number of halogens is 2. The van der Waals surface area contributed by atoms with Crippen molar-refractivity contribution >= 4 is 23.2 Å². The number of tetrazole rings is 1. The number of anilines is 1. The molecule has 1 N–H and O–H groups in total. The molecule has 2 aromatic rings. The van der Waals surface area contributed by atoms with Crippen LogP contribution in [0.2, 0.25) is 5.02 Å². The van der Waals surface area contributed by atoms with Crippen molar-refractivity contribution < 1.29 is 9.18 Å². The summed E-state index contributed by atoms with van der Waals surface area (Å²) in [6.45, 7) is 0. The predicted molar refractivity (Wildman–Crippen MR) is 62.5 cm³/mol. The highest BCUT2D eigenvalue weighted by Gasteiger charge is 2.10. The maximum atomic E-state index is 12.9. The standard InChI is InChI=1S/C10H9ClFN5O/c1-17-9(14-15-16-17)5-10(18)13-6-2-3-8(12)7(11)4-6/h2-4H,5H2,1H3,(H,13,18). The number of carbonyl (C=O) groups is 1. The molecular weight excluding hydrogens is 261 g/mol. The molecule has 1 aromatic heterocycles. The van der Waals surface area contributed by atoms with E-state index in [9.17, 15) is 9.18 Å². The number of nitrogens with one attached hydrogen (secondary N) is 1. The van der Waals surface area contributed by atoms with Crippen molar-refractivity contribution in [1.82, 2.24) is 20.2 Å². The fraction of sp³-hybridized carbons (Fsp3) is 0.200. The molecule has 1 aromatic carbocycles. The highest BCUT2D eigenvalue weighted by molar-refractivity contribution is 6.31. The lowest BCUT2D eigenvalue weighted by molar-refractivity contribution is -0.115. The van der Waals surface area contributed by atoms with Gasteiger partial charge in [0.05, 0.1) is 11.4 Å². The zero-order chi connectivity index (χ0) is 13.1. The van der Waals surface area contributed by atoms with Crippen LogP contribution < -0.4 is 5.32 Å². The number of aromatic nitrogens is 4. The normalized spacial score (nSPS) is 10.4. The fourth-order valence-electron chi connectivity index (χ4n) is 1.32. The number of hydrogen-bond acceptors (Lipinski definition) is 4. The Morgan fingerprint density at radius 3 is 2.94 bits per heavy atom. The minimum atomic E-state index is -0.535. The van der Waals surface area contributed by atoms with Crippen molar-refractivity contribution in [2.45, 2.75) is 6.42 Å². The third kappa shape index (κ3) is 2.80. The minimum Gasteiger partial charge on any atom is -0.326 e. The molecule has 0 unspecified atom stereocenters. The second-order valence-electron chi connectivity index (χ2n) is 3.57. The molecule has 0 bridgehead atoms. The summed E-state index contributed by atoms with van der Waals surface area (Å²) in [5.74, 6) is -0.413. The molecule has 2 rings (SSSR count). The van der Waals surface area contributed by atoms with Crippen LogP contribution in [0.4, 0.5) is 10.1 Å². The predicted octanol–water partition coefficient (Wildman–Crippen LogP) is 1.18. The first kappa shape index (κ1) is 12.4. The van der Waals surface area contributed by atoms with Crippen LogP contribution in [-0.4, -0.2) is 26.1 Å². The number of amides is 1. The molecule has 0 aliphatic carbocycles. The molecule has 0 radical (unpaired) electrons. The van der Waals surface area contributed by atoms with Gasteiger partial charge in [-0.05, 0) is 28.6 Å². The number of hydrogen-bond donors (Lipinski definition) is 1. The molecule has 0 aliphatic heterocycles. The molecule has 8 heteroatoms. The molecule has 0 saturated carbocycles. The van der Waals surface area contributed by atoms with Crippen LogP contribution in [-0.2, 0) is 18.3 Å². The van der Waals surface area contributed by atoms with Crippen LogP contribution in [0.3, 0.4) is 0 Å². The van der Waals surface area contributed by atoms with Crippen LogP contribution in [0.5, 0.6) is 0 Å². The van der Waals surface area contributed by atoms with Gasteiger partial charge in [-0.1, -0.05) is 11.6 Å². The molecule has 0 aliphatic rings. The lowest BCUT2D eigenvalue weighted by atomic mass is 10.3. The maximum Gasteiger partial charge on any atom is 0.232 e. The third-order valence-electron chi connectivity index (χ3n) is 2.23. The topological polar surface area (TPSA) is 72.7 Å². The molecule has 0 spiro atoms. The van der Waals surface area contributed by atoms with Gasteiger partial charge in [0, 0.05) is 12.7 Å². The third-order valence-corrected chi connectivity index (χ3v) is 2.52. The average molecular weight is 270 g/mol. The SMILES string of the molecule is Cn1nnnc1CC(=O)Nc1ccc(F)c(Cl)c1. The Labute approximate surface area is 107 Å². The van der Waals surface area contributed by atoms with Gasteiger partial charge in [0.15, 0.2) is 5.82 Å². The molecule has 1 heterocycles. The van der Waals surface area contributed by atoms with Gasteiger partial charge in [-0.2, -0.15) is 0 Å². The maximum absolute atomic E-state index is 12.9. The molecule has 0 atom stereocenters. The summed E-state index contributed by atoms with van der Waals surface area (Å²) < 4.78 is 14.3. The second-order valence-corrected chi connectivity index (χ2v) is 3.98. The minimum absolute atomic E-state index is 0.0263. The van der Waals surface area contributed by atoms with E-state index in [1.165, 1.54) is 22.9 Å². The van der Waals surface area contributed by atoms with Gasteiger partial charge in [0.2, 0.25) is 5.91 Å². The second kappa shape index (κ2) is 5.09. The van der Waals surface area contributed by atoms with Crippen LogP contribution in [0.15, 0.2) is 18.2 Å². The Hall–Kier alpha value is -2.02. The van der Waals surface area contributed by atoms with Crippen LogP contribution in [0, 0.1) is 5.82 Å². The number of rotatable bonds is 3. The van der Waals surface area contributed by atoms with Crippen molar-refractivity contribution in [1.29, 1.82) is 0 Å². The number of carbonyl (C=O) groups excluding carboxylic acids is 1. The van der Waals surface area contributed by atoms with E-state index in [0.717, 1.165) is 0 Å². The Balaban J connectivity index is 2.03. The molecule has 1 amide bonds. The van der Waals surface area contributed by atoms with Gasteiger partial charge in [-0.25, -0.2) is 9.07 Å². The van der Waals surface area contributed by atoms with E-state index in [1.54, 1.807) is 7.05 Å². The zero-order valence-electron chi connectivity index (χ0n) is 9.39. The summed E-state index contributed by atoms with van der Waals surface area (Å²) in [6, 6.07) is 3.94. The summed E-state index contributed by atoms with van der Waals surface area (Å²) in [6.07, 6.45) is 0.0263. The molecule has 0 saturated heterocycles. The van der Waals surface area contributed by atoms with Crippen LogP contribution in [0.1, 0.15) is 5.82 Å². The Kier molecular flexibility index (Phi) is 3.52. The monoisotopic (exact) mass is 269 g/mol. The lowest BCUT2D eigenvalue weighted by Gasteiger charge is -2.05. The van der Waals surface area contributed by atoms with Crippen molar-refractivity contribution in [2.24, 2.45) is 7.05 Å². The van der Waals surface area contributed by atoms with E-state index in [-0.39, 0.29) is 17.4 Å². The highest BCUT2D eigenvalue weighted by Crippen LogP contribution is 2.19. The van der Waals surface area contributed by atoms with Crippen molar-refractivity contribution in [3.63, 3.8) is 0 Å². The smallest absolute Gasteiger partial charge is 0.232 e. The highest BCUT2D eigenvalue weighted by atomic mass is 35.5. The first-order valence-electron chi connectivity index (χ1n) is 5.02. The van der Waals surface area contributed by atoms with Crippen molar-refractivity contribution in [3.05, 3.63) is 34.9 Å². The van der Waals surface area contributed by atoms with E-state index in [1.807, 2.05) is 0 Å². The molecule has 18 heavy (non-hydrogen) atoms. The summed E-state index contributed by atoms with van der Waals surface area (Å²) >= 11 is 5.60. The first-order valence-corrected chi connectivity index (χ1v) is 5.40. The summed E-state index contributed by atoms with van der Waals surface area (Å²) in [7, 11) is 1.64. The van der Waals surface area contributed by atoms with E-state index >= 15 is 0 Å². The summed E-state index contributed by atoms with van der Waals surface area (Å²) in [5.41, 5.74) is 0.418. The van der Waals surface area contributed by atoms with Gasteiger partial charge in [0.1, 0.15) is 5.82 Å². The average Bonchev–Trinajstić information content (AvgIpc) is 2.70. The molecular formula is C10H9ClFN5O. The Morgan fingerprint density at radius 1 is 1.56 bits per heavy atom. The van der Waals surface area contributed by atoms with Crippen molar-refractivity contribution in [3.8, 4) is 0 Å². The van der Waals surface area contributed by atoms with Gasteiger partial charge in [0.25, 0.3) is 0 Å². The van der Waals surface area contributed by atoms with Crippen molar-refractivity contribution in [2.75, 3.05) is 5.32 Å². The van der Waals surface area contributed by atoms with E-state index in [0.29, 0.717) is 11.5 Å². The van der Waals surface area contributed by atoms with Gasteiger partial charge < -0.3 is 5.32 Å². The number of aryl methyl sites for hydroxylation is 1. The van der Waals surface area contributed by atoms with Crippen LogP contribution >= 0.6 is 11.6 Å². The molecule has 0 fully saturated rings. The number of benzene rings is 1. The van der Waals surface area contributed by atoms with Crippen LogP contribution in [0.25, 0.3) is 0 Å². The summed E-state index contributed by atoms with van der Waals surface area (Å²) in [4.78, 5) is 11.7. The quantitative estimate of drug-likeness (QED) is 0.908. The van der Waals surface area contributed by atoms with E-state index in [4.69, 9.17) is 11.6 Å². The Bertz CT molecular complexity index is 585.